The second kappa shape index (κ2) is 13.4. The third-order valence-electron chi connectivity index (χ3n) is 7.27. The third-order valence-corrected chi connectivity index (χ3v) is 8.29. The van der Waals surface area contributed by atoms with Gasteiger partial charge in [0.05, 0.1) is 49.3 Å². The van der Waals surface area contributed by atoms with Crippen LogP contribution in [-0.4, -0.2) is 49.2 Å². The van der Waals surface area contributed by atoms with Crippen LogP contribution in [0.2, 0.25) is 0 Å². The molecule has 1 fully saturated rings. The van der Waals surface area contributed by atoms with Gasteiger partial charge in [0.15, 0.2) is 16.6 Å². The van der Waals surface area contributed by atoms with E-state index in [0.29, 0.717) is 63.9 Å². The number of benzene rings is 3. The van der Waals surface area contributed by atoms with Crippen LogP contribution in [0.3, 0.4) is 0 Å². The van der Waals surface area contributed by atoms with Gasteiger partial charge in [0.1, 0.15) is 17.3 Å². The Kier molecular flexibility index (Phi) is 9.39. The summed E-state index contributed by atoms with van der Waals surface area (Å²) in [6.45, 7) is 7.26. The Bertz CT molecular complexity index is 1710. The molecule has 5 rings (SSSR count). The van der Waals surface area contributed by atoms with Crippen LogP contribution in [0, 0.1) is 5.92 Å². The molecule has 0 saturated carbocycles. The number of rotatable bonds is 12. The Labute approximate surface area is 260 Å². The molecule has 3 aromatic carbocycles. The van der Waals surface area contributed by atoms with Crippen LogP contribution in [0.4, 0.5) is 5.13 Å². The van der Waals surface area contributed by atoms with E-state index in [9.17, 15) is 14.7 Å². The molecule has 1 aliphatic heterocycles. The van der Waals surface area contributed by atoms with E-state index in [1.807, 2.05) is 13.0 Å². The monoisotopic (exact) mass is 616 g/mol. The molecule has 44 heavy (non-hydrogen) atoms. The van der Waals surface area contributed by atoms with E-state index in [4.69, 9.17) is 23.9 Å². The summed E-state index contributed by atoms with van der Waals surface area (Å²) in [6, 6.07) is 16.5. The molecule has 230 valence electrons. The van der Waals surface area contributed by atoms with Gasteiger partial charge >= 0.3 is 5.91 Å². The Morgan fingerprint density at radius 1 is 0.955 bits per heavy atom. The van der Waals surface area contributed by atoms with E-state index in [2.05, 4.69) is 13.8 Å². The molecule has 0 radical (unpaired) electrons. The molecule has 1 saturated heterocycles. The van der Waals surface area contributed by atoms with E-state index < -0.39 is 17.7 Å². The van der Waals surface area contributed by atoms with E-state index in [1.54, 1.807) is 61.7 Å². The first kappa shape index (κ1) is 30.9. The summed E-state index contributed by atoms with van der Waals surface area (Å²) in [4.78, 5) is 33.6. The highest BCUT2D eigenvalue weighted by molar-refractivity contribution is 7.22. The zero-order valence-electron chi connectivity index (χ0n) is 25.5. The van der Waals surface area contributed by atoms with E-state index in [1.165, 1.54) is 23.3 Å². The summed E-state index contributed by atoms with van der Waals surface area (Å²) in [6.07, 6.45) is 1.68. The molecule has 2 heterocycles. The number of hydrogen-bond acceptors (Lipinski definition) is 9. The van der Waals surface area contributed by atoms with Gasteiger partial charge in [0.25, 0.3) is 5.78 Å². The van der Waals surface area contributed by atoms with Crippen molar-refractivity contribution in [3.05, 3.63) is 77.4 Å². The average Bonchev–Trinajstić information content (AvgIpc) is 3.56. The van der Waals surface area contributed by atoms with Gasteiger partial charge < -0.3 is 24.1 Å². The van der Waals surface area contributed by atoms with E-state index in [-0.39, 0.29) is 11.3 Å². The molecular weight excluding hydrogens is 580 g/mol. The lowest BCUT2D eigenvalue weighted by molar-refractivity contribution is -0.132. The number of nitrogens with zero attached hydrogens (tertiary/aromatic N) is 2. The number of Topliss-reactive ketones (excluding diaryl/α,β-unsaturated/α-hetero) is 1. The molecule has 0 aliphatic carbocycles. The number of hydrogen-bond donors (Lipinski definition) is 1. The van der Waals surface area contributed by atoms with Gasteiger partial charge in [-0.3, -0.25) is 14.5 Å². The minimum atomic E-state index is -0.990. The second-order valence-electron chi connectivity index (χ2n) is 10.8. The summed E-state index contributed by atoms with van der Waals surface area (Å²) in [7, 11) is 3.11. The lowest BCUT2D eigenvalue weighted by atomic mass is 9.95. The zero-order chi connectivity index (χ0) is 31.4. The molecule has 4 aromatic rings. The van der Waals surface area contributed by atoms with Gasteiger partial charge in [0.2, 0.25) is 0 Å². The molecule has 1 aromatic heterocycles. The van der Waals surface area contributed by atoms with Crippen molar-refractivity contribution < 1.29 is 33.6 Å². The number of aliphatic hydroxyl groups is 1. The average molecular weight is 617 g/mol. The Balaban J connectivity index is 1.65. The predicted octanol–water partition coefficient (Wildman–Crippen LogP) is 7.15. The molecule has 9 nitrogen and oxygen atoms in total. The van der Waals surface area contributed by atoms with Gasteiger partial charge in [-0.1, -0.05) is 50.3 Å². The Morgan fingerprint density at radius 2 is 1.77 bits per heavy atom. The van der Waals surface area contributed by atoms with Crippen LogP contribution in [-0.2, 0) is 9.59 Å². The number of carbonyl (C=O) groups is 2. The van der Waals surface area contributed by atoms with Crippen molar-refractivity contribution in [3.8, 4) is 23.0 Å². The number of aliphatic hydroxyl groups excluding tert-OH is 1. The molecule has 1 N–H and O–H groups in total. The van der Waals surface area contributed by atoms with E-state index >= 15 is 0 Å². The number of fused-ring (bicyclic) bond motifs is 1. The minimum Gasteiger partial charge on any atom is -0.507 e. The lowest BCUT2D eigenvalue weighted by Gasteiger charge is -2.24. The van der Waals surface area contributed by atoms with Crippen LogP contribution >= 0.6 is 11.3 Å². The van der Waals surface area contributed by atoms with E-state index in [0.717, 1.165) is 17.5 Å². The standard InChI is InChI=1S/C34H36N2O7S/c1-6-15-42-24-9-7-8-22(17-24)31(37)29-30(21-10-13-26(27(18-21)41-5)43-16-14-20(2)3)36(33(39)32(29)38)34-35-25-12-11-23(40-4)19-28(25)44-34/h7-13,17-20,30,37H,6,14-16H2,1-5H3/b31-29+. The largest absolute Gasteiger partial charge is 0.507 e. The fourth-order valence-electron chi connectivity index (χ4n) is 4.95. The van der Waals surface area contributed by atoms with Crippen molar-refractivity contribution in [2.75, 3.05) is 32.3 Å². The summed E-state index contributed by atoms with van der Waals surface area (Å²) < 4.78 is 23.6. The fraction of sp³-hybridized carbons (Fsp3) is 0.324. The first-order valence-corrected chi connectivity index (χ1v) is 15.4. The van der Waals surface area contributed by atoms with Crippen molar-refractivity contribution in [1.29, 1.82) is 0 Å². The number of anilines is 1. The first-order valence-electron chi connectivity index (χ1n) is 14.5. The minimum absolute atomic E-state index is 0.0602. The van der Waals surface area contributed by atoms with Gasteiger partial charge in [-0.15, -0.1) is 0 Å². The predicted molar refractivity (Wildman–Crippen MR) is 171 cm³/mol. The topological polar surface area (TPSA) is 107 Å². The molecule has 1 unspecified atom stereocenters. The van der Waals surface area contributed by atoms with Crippen molar-refractivity contribution in [2.45, 2.75) is 39.7 Å². The van der Waals surface area contributed by atoms with Gasteiger partial charge in [-0.2, -0.15) is 0 Å². The second-order valence-corrected chi connectivity index (χ2v) is 11.8. The number of amides is 1. The number of carbonyl (C=O) groups excluding carboxylic acids is 2. The molecule has 1 amide bonds. The summed E-state index contributed by atoms with van der Waals surface area (Å²) in [5.41, 5.74) is 1.50. The van der Waals surface area contributed by atoms with Crippen LogP contribution in [0.15, 0.2) is 66.2 Å². The quantitative estimate of drug-likeness (QED) is 0.102. The Hall–Kier alpha value is -4.57. The third kappa shape index (κ3) is 6.21. The molecule has 1 aliphatic rings. The number of thiazole rings is 1. The highest BCUT2D eigenvalue weighted by Gasteiger charge is 2.48. The highest BCUT2D eigenvalue weighted by atomic mass is 32.1. The van der Waals surface area contributed by atoms with Crippen molar-refractivity contribution >= 4 is 44.1 Å². The summed E-state index contributed by atoms with van der Waals surface area (Å²) >= 11 is 1.26. The van der Waals surface area contributed by atoms with Gasteiger partial charge in [0, 0.05) is 5.56 Å². The molecule has 0 spiro atoms. The molecular formula is C34H36N2O7S. The zero-order valence-corrected chi connectivity index (χ0v) is 26.3. The maximum Gasteiger partial charge on any atom is 0.301 e. The van der Waals surface area contributed by atoms with Crippen LogP contribution in [0.5, 0.6) is 23.0 Å². The van der Waals surface area contributed by atoms with Crippen molar-refractivity contribution in [1.82, 2.24) is 4.98 Å². The number of methoxy groups -OCH3 is 2. The fourth-order valence-corrected chi connectivity index (χ4v) is 5.98. The van der Waals surface area contributed by atoms with Gasteiger partial charge in [-0.25, -0.2) is 4.98 Å². The normalized spacial score (nSPS) is 16.1. The molecule has 0 bridgehead atoms. The number of ether oxygens (including phenoxy) is 4. The highest BCUT2D eigenvalue weighted by Crippen LogP contribution is 2.46. The molecule has 1 atom stereocenters. The van der Waals surface area contributed by atoms with Crippen LogP contribution < -0.4 is 23.8 Å². The Morgan fingerprint density at radius 3 is 2.50 bits per heavy atom. The number of ketones is 1. The SMILES string of the molecule is CCCOc1cccc(/C(O)=C2\C(=O)C(=O)N(c3nc4ccc(OC)cc4s3)C2c2ccc(OCCC(C)C)c(OC)c2)c1. The summed E-state index contributed by atoms with van der Waals surface area (Å²) in [5, 5.41) is 12.0. The van der Waals surface area contributed by atoms with Crippen molar-refractivity contribution in [3.63, 3.8) is 0 Å². The van der Waals surface area contributed by atoms with Crippen molar-refractivity contribution in [2.24, 2.45) is 5.92 Å². The summed E-state index contributed by atoms with van der Waals surface area (Å²) in [5.74, 6) is 0.734. The number of aromatic nitrogens is 1. The maximum atomic E-state index is 13.8. The van der Waals surface area contributed by atoms with Crippen LogP contribution in [0.25, 0.3) is 16.0 Å². The maximum absolute atomic E-state index is 13.8. The lowest BCUT2D eigenvalue weighted by Crippen LogP contribution is -2.29. The van der Waals surface area contributed by atoms with Crippen LogP contribution in [0.1, 0.15) is 50.8 Å². The van der Waals surface area contributed by atoms with Gasteiger partial charge in [-0.05, 0) is 66.8 Å². The first-order chi connectivity index (χ1) is 21.2. The molecule has 10 heteroatoms. The smallest absolute Gasteiger partial charge is 0.301 e.